The Bertz CT molecular complexity index is 637. The van der Waals surface area contributed by atoms with Crippen LogP contribution in [0.2, 0.25) is 0 Å². The van der Waals surface area contributed by atoms with Crippen LogP contribution in [0.4, 0.5) is 0 Å². The normalized spacial score (nSPS) is 10.2. The lowest BCUT2D eigenvalue weighted by molar-refractivity contribution is 0.0937. The fourth-order valence-corrected chi connectivity index (χ4v) is 2.03. The molecule has 2 aromatic carbocycles. The summed E-state index contributed by atoms with van der Waals surface area (Å²) in [6.07, 6.45) is 0. The Labute approximate surface area is 145 Å². The van der Waals surface area contributed by atoms with E-state index >= 15 is 0 Å². The smallest absolute Gasteiger partial charge is 0.251 e. The maximum atomic E-state index is 11.7. The van der Waals surface area contributed by atoms with E-state index in [9.17, 15) is 9.59 Å². The van der Waals surface area contributed by atoms with Gasteiger partial charge in [-0.15, -0.1) is 0 Å². The Kier molecular flexibility index (Phi) is 6.94. The molecule has 0 saturated heterocycles. The summed E-state index contributed by atoms with van der Waals surface area (Å²) in [5, 5.41) is 22.5. The van der Waals surface area contributed by atoms with Gasteiger partial charge in [0, 0.05) is 24.2 Å². The molecule has 7 heteroatoms. The zero-order chi connectivity index (χ0) is 18.1. The molecular formula is C18H20N2O5. The second-order valence-electron chi connectivity index (χ2n) is 5.11. The summed E-state index contributed by atoms with van der Waals surface area (Å²) in [4.78, 5) is 23.5. The largest absolute Gasteiger partial charge is 0.457 e. The summed E-state index contributed by atoms with van der Waals surface area (Å²) < 4.78 is 5.67. The fourth-order valence-electron chi connectivity index (χ4n) is 2.03. The number of hydrogen-bond donors (Lipinski definition) is 4. The lowest BCUT2D eigenvalue weighted by Gasteiger charge is -2.08. The van der Waals surface area contributed by atoms with Gasteiger partial charge >= 0.3 is 0 Å². The van der Waals surface area contributed by atoms with Crippen molar-refractivity contribution in [2.24, 2.45) is 0 Å². The number of ether oxygens (including phenoxy) is 1. The second-order valence-corrected chi connectivity index (χ2v) is 5.11. The predicted molar refractivity (Wildman–Crippen MR) is 91.8 cm³/mol. The molecule has 0 aliphatic heterocycles. The average molecular weight is 344 g/mol. The van der Waals surface area contributed by atoms with E-state index in [1.807, 2.05) is 0 Å². The molecule has 0 spiro atoms. The van der Waals surface area contributed by atoms with Crippen LogP contribution < -0.4 is 15.4 Å². The number of rotatable bonds is 8. The van der Waals surface area contributed by atoms with Gasteiger partial charge in [-0.05, 0) is 48.5 Å². The minimum atomic E-state index is -0.265. The molecule has 0 bridgehead atoms. The summed E-state index contributed by atoms with van der Waals surface area (Å²) in [7, 11) is 0. The molecule has 132 valence electrons. The van der Waals surface area contributed by atoms with Crippen LogP contribution in [-0.2, 0) is 0 Å². The Balaban J connectivity index is 1.95. The van der Waals surface area contributed by atoms with Gasteiger partial charge in [0.2, 0.25) is 0 Å². The van der Waals surface area contributed by atoms with Gasteiger partial charge in [0.05, 0.1) is 13.2 Å². The van der Waals surface area contributed by atoms with Gasteiger partial charge in [0.15, 0.2) is 0 Å². The van der Waals surface area contributed by atoms with E-state index in [1.165, 1.54) is 0 Å². The molecule has 0 heterocycles. The molecule has 0 fully saturated rings. The fraction of sp³-hybridized carbons (Fsp3) is 0.222. The van der Waals surface area contributed by atoms with Crippen molar-refractivity contribution in [3.63, 3.8) is 0 Å². The number of amides is 2. The van der Waals surface area contributed by atoms with Gasteiger partial charge in [-0.3, -0.25) is 9.59 Å². The first-order valence-corrected chi connectivity index (χ1v) is 7.80. The summed E-state index contributed by atoms with van der Waals surface area (Å²) in [6.45, 7) is 0.187. The maximum Gasteiger partial charge on any atom is 0.251 e. The molecule has 0 aromatic heterocycles. The van der Waals surface area contributed by atoms with E-state index in [2.05, 4.69) is 10.6 Å². The van der Waals surface area contributed by atoms with Gasteiger partial charge in [-0.2, -0.15) is 0 Å². The molecule has 25 heavy (non-hydrogen) atoms. The minimum absolute atomic E-state index is 0.110. The molecule has 0 aliphatic carbocycles. The number of hydrogen-bond acceptors (Lipinski definition) is 5. The number of carbonyl (C=O) groups excluding carboxylic acids is 2. The molecule has 2 amide bonds. The Morgan fingerprint density at radius 1 is 0.720 bits per heavy atom. The number of carbonyl (C=O) groups is 2. The highest BCUT2D eigenvalue weighted by atomic mass is 16.5. The molecule has 2 rings (SSSR count). The van der Waals surface area contributed by atoms with Crippen LogP contribution in [0, 0.1) is 0 Å². The first-order valence-electron chi connectivity index (χ1n) is 7.80. The third-order valence-electron chi connectivity index (χ3n) is 3.26. The molecule has 7 nitrogen and oxygen atoms in total. The van der Waals surface area contributed by atoms with Gasteiger partial charge < -0.3 is 25.6 Å². The van der Waals surface area contributed by atoms with Crippen molar-refractivity contribution in [2.45, 2.75) is 0 Å². The van der Waals surface area contributed by atoms with Crippen LogP contribution in [0.1, 0.15) is 20.7 Å². The third-order valence-corrected chi connectivity index (χ3v) is 3.26. The molecule has 4 N–H and O–H groups in total. The van der Waals surface area contributed by atoms with Crippen LogP contribution in [0.25, 0.3) is 0 Å². The molecule has 2 aromatic rings. The first-order chi connectivity index (χ1) is 12.1. The highest BCUT2D eigenvalue weighted by Crippen LogP contribution is 2.22. The summed E-state index contributed by atoms with van der Waals surface area (Å²) in [5.74, 6) is 0.574. The standard InChI is InChI=1S/C18H20N2O5/c21-11-9-19-17(23)13-1-5-15(6-2-13)25-16-7-3-14(4-8-16)18(24)20-10-12-22/h1-8,21-22H,9-12H2,(H,19,23)(H,20,24). The average Bonchev–Trinajstić information content (AvgIpc) is 2.65. The number of benzene rings is 2. The Hall–Kier alpha value is -2.90. The predicted octanol–water partition coefficient (Wildman–Crippen LogP) is 0.923. The first kappa shape index (κ1) is 18.4. The van der Waals surface area contributed by atoms with Crippen molar-refractivity contribution in [1.29, 1.82) is 0 Å². The van der Waals surface area contributed by atoms with Crippen molar-refractivity contribution >= 4 is 11.8 Å². The summed E-state index contributed by atoms with van der Waals surface area (Å²) in [6, 6.07) is 13.1. The lowest BCUT2D eigenvalue weighted by Crippen LogP contribution is -2.26. The highest BCUT2D eigenvalue weighted by molar-refractivity contribution is 5.94. The second kappa shape index (κ2) is 9.41. The molecule has 0 saturated carbocycles. The third kappa shape index (κ3) is 5.59. The van der Waals surface area contributed by atoms with Crippen molar-refractivity contribution in [2.75, 3.05) is 26.3 Å². The zero-order valence-corrected chi connectivity index (χ0v) is 13.6. The number of nitrogens with one attached hydrogen (secondary N) is 2. The molecule has 0 atom stereocenters. The van der Waals surface area contributed by atoms with Gasteiger partial charge in [-0.25, -0.2) is 0 Å². The van der Waals surface area contributed by atoms with Crippen LogP contribution in [0.15, 0.2) is 48.5 Å². The summed E-state index contributed by atoms with van der Waals surface area (Å²) >= 11 is 0. The SMILES string of the molecule is O=C(NCCO)c1ccc(Oc2ccc(C(=O)NCCO)cc2)cc1. The van der Waals surface area contributed by atoms with Crippen LogP contribution in [-0.4, -0.2) is 48.3 Å². The monoisotopic (exact) mass is 344 g/mol. The molecular weight excluding hydrogens is 324 g/mol. The van der Waals surface area contributed by atoms with E-state index in [0.29, 0.717) is 22.6 Å². The Morgan fingerprint density at radius 2 is 1.08 bits per heavy atom. The molecule has 0 radical (unpaired) electrons. The van der Waals surface area contributed by atoms with Gasteiger partial charge in [0.1, 0.15) is 11.5 Å². The van der Waals surface area contributed by atoms with E-state index in [-0.39, 0.29) is 38.1 Å². The summed E-state index contributed by atoms with van der Waals surface area (Å²) in [5.41, 5.74) is 0.938. The molecule has 0 unspecified atom stereocenters. The van der Waals surface area contributed by atoms with Crippen molar-refractivity contribution in [1.82, 2.24) is 10.6 Å². The van der Waals surface area contributed by atoms with Gasteiger partial charge in [-0.1, -0.05) is 0 Å². The van der Waals surface area contributed by atoms with E-state index in [4.69, 9.17) is 14.9 Å². The van der Waals surface area contributed by atoms with Crippen molar-refractivity contribution in [3.8, 4) is 11.5 Å². The van der Waals surface area contributed by atoms with E-state index in [0.717, 1.165) is 0 Å². The maximum absolute atomic E-state index is 11.7. The quantitative estimate of drug-likeness (QED) is 0.570. The van der Waals surface area contributed by atoms with Crippen LogP contribution in [0.5, 0.6) is 11.5 Å². The topological polar surface area (TPSA) is 108 Å². The van der Waals surface area contributed by atoms with E-state index < -0.39 is 0 Å². The number of aliphatic hydroxyl groups excluding tert-OH is 2. The van der Waals surface area contributed by atoms with Crippen molar-refractivity contribution in [3.05, 3.63) is 59.7 Å². The minimum Gasteiger partial charge on any atom is -0.457 e. The molecule has 0 aliphatic rings. The van der Waals surface area contributed by atoms with Crippen LogP contribution >= 0.6 is 0 Å². The lowest BCUT2D eigenvalue weighted by atomic mass is 10.2. The highest BCUT2D eigenvalue weighted by Gasteiger charge is 2.07. The number of aliphatic hydroxyl groups is 2. The van der Waals surface area contributed by atoms with Crippen molar-refractivity contribution < 1.29 is 24.5 Å². The van der Waals surface area contributed by atoms with Gasteiger partial charge in [0.25, 0.3) is 11.8 Å². The Morgan fingerprint density at radius 3 is 1.40 bits per heavy atom. The van der Waals surface area contributed by atoms with E-state index in [1.54, 1.807) is 48.5 Å². The zero-order valence-electron chi connectivity index (χ0n) is 13.6. The van der Waals surface area contributed by atoms with Crippen LogP contribution in [0.3, 0.4) is 0 Å².